The van der Waals surface area contributed by atoms with Gasteiger partial charge in [-0.1, -0.05) is 20.3 Å². The van der Waals surface area contributed by atoms with Gasteiger partial charge in [-0.25, -0.2) is 0 Å². The summed E-state index contributed by atoms with van der Waals surface area (Å²) < 4.78 is 0. The van der Waals surface area contributed by atoms with Crippen LogP contribution in [0.3, 0.4) is 0 Å². The molecule has 2 bridgehead atoms. The van der Waals surface area contributed by atoms with E-state index in [4.69, 9.17) is 5.73 Å². The van der Waals surface area contributed by atoms with Crippen LogP contribution < -0.4 is 5.73 Å². The molecule has 2 nitrogen and oxygen atoms in total. The van der Waals surface area contributed by atoms with E-state index in [1.165, 1.54) is 64.5 Å². The van der Waals surface area contributed by atoms with E-state index < -0.39 is 0 Å². The molecule has 0 amide bonds. The highest BCUT2D eigenvalue weighted by Gasteiger charge is 2.43. The van der Waals surface area contributed by atoms with Crippen molar-refractivity contribution >= 4 is 0 Å². The lowest BCUT2D eigenvalue weighted by Crippen LogP contribution is -2.57. The van der Waals surface area contributed by atoms with Crippen LogP contribution in [0.2, 0.25) is 0 Å². The maximum Gasteiger partial charge on any atom is 0.0331 e. The zero-order valence-electron chi connectivity index (χ0n) is 13.6. The van der Waals surface area contributed by atoms with Crippen LogP contribution in [-0.2, 0) is 0 Å². The lowest BCUT2D eigenvalue weighted by molar-refractivity contribution is 0.0284. The smallest absolute Gasteiger partial charge is 0.0331 e. The van der Waals surface area contributed by atoms with Crippen LogP contribution in [0.1, 0.15) is 65.2 Å². The number of hydrogen-bond acceptors (Lipinski definition) is 2. The quantitative estimate of drug-likeness (QED) is 0.831. The molecule has 0 heterocycles. The summed E-state index contributed by atoms with van der Waals surface area (Å²) in [6.07, 6.45) is 11.5. The minimum Gasteiger partial charge on any atom is -0.329 e. The normalized spacial score (nSPS) is 44.4. The van der Waals surface area contributed by atoms with E-state index in [1.54, 1.807) is 0 Å². The molecule has 2 N–H and O–H groups in total. The molecular formula is C18H34N2. The van der Waals surface area contributed by atoms with E-state index in [2.05, 4.69) is 18.7 Å². The first-order valence-corrected chi connectivity index (χ1v) is 9.12. The Bertz CT molecular complexity index is 319. The maximum absolute atomic E-state index is 6.27. The molecule has 0 aromatic heterocycles. The second kappa shape index (κ2) is 5.96. The molecule has 3 saturated carbocycles. The van der Waals surface area contributed by atoms with E-state index in [-0.39, 0.29) is 0 Å². The van der Waals surface area contributed by atoms with Gasteiger partial charge in [0.2, 0.25) is 0 Å². The number of rotatable bonds is 5. The zero-order chi connectivity index (χ0) is 14.2. The molecule has 0 radical (unpaired) electrons. The molecule has 3 unspecified atom stereocenters. The van der Waals surface area contributed by atoms with Crippen molar-refractivity contribution in [2.24, 2.45) is 29.4 Å². The summed E-state index contributed by atoms with van der Waals surface area (Å²) in [6, 6.07) is 0. The molecule has 0 aromatic carbocycles. The van der Waals surface area contributed by atoms with Crippen LogP contribution in [-0.4, -0.2) is 30.1 Å². The van der Waals surface area contributed by atoms with Gasteiger partial charge in [0.1, 0.15) is 0 Å². The fraction of sp³-hybridized carbons (Fsp3) is 1.00. The first kappa shape index (κ1) is 14.8. The van der Waals surface area contributed by atoms with Crippen LogP contribution >= 0.6 is 0 Å². The predicted octanol–water partition coefficient (Wildman–Crippen LogP) is 3.65. The van der Waals surface area contributed by atoms with Gasteiger partial charge in [0.25, 0.3) is 0 Å². The van der Waals surface area contributed by atoms with Crippen molar-refractivity contribution in [2.45, 2.75) is 70.8 Å². The maximum atomic E-state index is 6.27. The van der Waals surface area contributed by atoms with Gasteiger partial charge in [-0.05, 0) is 75.2 Å². The van der Waals surface area contributed by atoms with Gasteiger partial charge in [-0.3, -0.25) is 4.90 Å². The fourth-order valence-electron chi connectivity index (χ4n) is 5.49. The molecule has 116 valence electrons. The molecule has 2 heteroatoms. The molecule has 0 aliphatic heterocycles. The highest BCUT2D eigenvalue weighted by molar-refractivity contribution is 4.98. The minimum atomic E-state index is 0.336. The summed E-state index contributed by atoms with van der Waals surface area (Å²) in [5.74, 6) is 4.02. The molecule has 3 rings (SSSR count). The molecular weight excluding hydrogens is 244 g/mol. The van der Waals surface area contributed by atoms with Gasteiger partial charge in [-0.15, -0.1) is 0 Å². The summed E-state index contributed by atoms with van der Waals surface area (Å²) in [7, 11) is 0. The van der Waals surface area contributed by atoms with E-state index in [9.17, 15) is 0 Å². The lowest BCUT2D eigenvalue weighted by atomic mass is 9.75. The Morgan fingerprint density at radius 3 is 2.35 bits per heavy atom. The predicted molar refractivity (Wildman–Crippen MR) is 85.6 cm³/mol. The Balaban J connectivity index is 1.65. The Kier molecular flexibility index (Phi) is 4.42. The van der Waals surface area contributed by atoms with E-state index >= 15 is 0 Å². The summed E-state index contributed by atoms with van der Waals surface area (Å²) in [5.41, 5.74) is 6.61. The molecule has 0 aromatic rings. The number of fused-ring (bicyclic) bond motifs is 2. The standard InChI is InChI=1S/C18H34N2/c1-3-20(12-17-11-15-4-5-16(17)10-15)18(13-19)8-6-14(2)7-9-18/h14-17H,3-13,19H2,1-2H3. The average Bonchev–Trinajstić information content (AvgIpc) is 3.09. The Morgan fingerprint density at radius 1 is 1.10 bits per heavy atom. The minimum absolute atomic E-state index is 0.336. The van der Waals surface area contributed by atoms with Crippen LogP contribution in [0.4, 0.5) is 0 Å². The molecule has 3 fully saturated rings. The zero-order valence-corrected chi connectivity index (χ0v) is 13.6. The van der Waals surface area contributed by atoms with Crippen molar-refractivity contribution < 1.29 is 0 Å². The van der Waals surface area contributed by atoms with Crippen molar-refractivity contribution in [3.63, 3.8) is 0 Å². The molecule has 3 aliphatic rings. The molecule has 3 atom stereocenters. The molecule has 20 heavy (non-hydrogen) atoms. The van der Waals surface area contributed by atoms with Crippen molar-refractivity contribution in [1.82, 2.24) is 4.90 Å². The first-order chi connectivity index (χ1) is 9.66. The van der Waals surface area contributed by atoms with E-state index in [0.29, 0.717) is 5.54 Å². The van der Waals surface area contributed by atoms with E-state index in [0.717, 1.165) is 30.2 Å². The van der Waals surface area contributed by atoms with Gasteiger partial charge in [0, 0.05) is 18.6 Å². The van der Waals surface area contributed by atoms with Crippen molar-refractivity contribution in [1.29, 1.82) is 0 Å². The lowest BCUT2D eigenvalue weighted by Gasteiger charge is -2.48. The largest absolute Gasteiger partial charge is 0.329 e. The van der Waals surface area contributed by atoms with Crippen LogP contribution in [0, 0.1) is 23.7 Å². The van der Waals surface area contributed by atoms with Gasteiger partial charge < -0.3 is 5.73 Å². The highest BCUT2D eigenvalue weighted by atomic mass is 15.2. The van der Waals surface area contributed by atoms with Crippen molar-refractivity contribution in [2.75, 3.05) is 19.6 Å². The number of likely N-dealkylation sites (N-methyl/N-ethyl adjacent to an activating group) is 1. The van der Waals surface area contributed by atoms with Gasteiger partial charge >= 0.3 is 0 Å². The monoisotopic (exact) mass is 278 g/mol. The third kappa shape index (κ3) is 2.66. The van der Waals surface area contributed by atoms with Crippen LogP contribution in [0.15, 0.2) is 0 Å². The summed E-state index contributed by atoms with van der Waals surface area (Å²) in [6.45, 7) is 8.16. The second-order valence-electron chi connectivity index (χ2n) is 8.08. The van der Waals surface area contributed by atoms with Crippen molar-refractivity contribution in [3.8, 4) is 0 Å². The van der Waals surface area contributed by atoms with Crippen LogP contribution in [0.25, 0.3) is 0 Å². The van der Waals surface area contributed by atoms with Crippen LogP contribution in [0.5, 0.6) is 0 Å². The van der Waals surface area contributed by atoms with Crippen molar-refractivity contribution in [3.05, 3.63) is 0 Å². The van der Waals surface area contributed by atoms with Gasteiger partial charge in [0.15, 0.2) is 0 Å². The SMILES string of the molecule is CCN(CC1CC2CCC1C2)C1(CN)CCC(C)CC1. The van der Waals surface area contributed by atoms with E-state index in [1.807, 2.05) is 0 Å². The summed E-state index contributed by atoms with van der Waals surface area (Å²) in [5, 5.41) is 0. The Morgan fingerprint density at radius 2 is 1.85 bits per heavy atom. The molecule has 3 aliphatic carbocycles. The first-order valence-electron chi connectivity index (χ1n) is 9.12. The highest BCUT2D eigenvalue weighted by Crippen LogP contribution is 2.49. The molecule has 0 spiro atoms. The summed E-state index contributed by atoms with van der Waals surface area (Å²) >= 11 is 0. The molecule has 0 saturated heterocycles. The van der Waals surface area contributed by atoms with Gasteiger partial charge in [-0.2, -0.15) is 0 Å². The third-order valence-corrected chi connectivity index (χ3v) is 6.98. The third-order valence-electron chi connectivity index (χ3n) is 6.98. The average molecular weight is 278 g/mol. The number of nitrogens with zero attached hydrogens (tertiary/aromatic N) is 1. The Labute approximate surface area is 125 Å². The Hall–Kier alpha value is -0.0800. The summed E-state index contributed by atoms with van der Waals surface area (Å²) in [4.78, 5) is 2.80. The fourth-order valence-corrected chi connectivity index (χ4v) is 5.49. The number of nitrogens with two attached hydrogens (primary N) is 1. The van der Waals surface area contributed by atoms with Gasteiger partial charge in [0.05, 0.1) is 0 Å². The number of hydrogen-bond donors (Lipinski definition) is 1. The topological polar surface area (TPSA) is 29.3 Å². The second-order valence-corrected chi connectivity index (χ2v) is 8.08.